The maximum absolute atomic E-state index is 11.7. The van der Waals surface area contributed by atoms with Crippen molar-refractivity contribution in [2.45, 2.75) is 31.5 Å². The van der Waals surface area contributed by atoms with E-state index in [2.05, 4.69) is 10.6 Å². The van der Waals surface area contributed by atoms with Crippen molar-refractivity contribution < 1.29 is 13.2 Å². The predicted octanol–water partition coefficient (Wildman–Crippen LogP) is 1.28. The molecule has 2 nitrogen and oxygen atoms in total. The lowest BCUT2D eigenvalue weighted by atomic mass is 10.2. The van der Waals surface area contributed by atoms with Crippen molar-refractivity contribution in [1.29, 1.82) is 0 Å². The van der Waals surface area contributed by atoms with Crippen LogP contribution in [0.4, 0.5) is 13.2 Å². The van der Waals surface area contributed by atoms with Gasteiger partial charge in [0.2, 0.25) is 0 Å². The van der Waals surface area contributed by atoms with E-state index in [4.69, 9.17) is 0 Å². The van der Waals surface area contributed by atoms with E-state index >= 15 is 0 Å². The number of nitrogens with one attached hydrogen (secondary N) is 2. The summed E-state index contributed by atoms with van der Waals surface area (Å²) in [5.41, 5.74) is 0. The Bertz CT molecular complexity index is 141. The highest BCUT2D eigenvalue weighted by Gasteiger charge is 2.26. The lowest BCUT2D eigenvalue weighted by Gasteiger charge is -2.12. The largest absolute Gasteiger partial charge is 0.390 e. The van der Waals surface area contributed by atoms with E-state index in [9.17, 15) is 13.2 Å². The minimum Gasteiger partial charge on any atom is -0.315 e. The van der Waals surface area contributed by atoms with Crippen LogP contribution in [0.2, 0.25) is 0 Å². The fourth-order valence-corrected chi connectivity index (χ4v) is 1.44. The molecule has 0 aromatic rings. The summed E-state index contributed by atoms with van der Waals surface area (Å²) in [5.74, 6) is 0. The van der Waals surface area contributed by atoms with Gasteiger partial charge in [-0.2, -0.15) is 13.2 Å². The topological polar surface area (TPSA) is 24.1 Å². The molecule has 0 radical (unpaired) electrons. The Balaban J connectivity index is 1.94. The zero-order chi connectivity index (χ0) is 9.73. The molecule has 1 rings (SSSR count). The average molecular weight is 196 g/mol. The quantitative estimate of drug-likeness (QED) is 0.662. The summed E-state index contributed by atoms with van der Waals surface area (Å²) in [4.78, 5) is 0. The van der Waals surface area contributed by atoms with Gasteiger partial charge in [0, 0.05) is 19.1 Å². The summed E-state index contributed by atoms with van der Waals surface area (Å²) in [6, 6.07) is 0.369. The van der Waals surface area contributed by atoms with Crippen molar-refractivity contribution in [3.63, 3.8) is 0 Å². The number of alkyl halides is 3. The molecule has 78 valence electrons. The molecule has 0 aromatic heterocycles. The molecular weight excluding hydrogens is 181 g/mol. The maximum atomic E-state index is 11.7. The fourth-order valence-electron chi connectivity index (χ4n) is 1.44. The van der Waals surface area contributed by atoms with Crippen LogP contribution in [0.25, 0.3) is 0 Å². The van der Waals surface area contributed by atoms with Crippen molar-refractivity contribution in [3.8, 4) is 0 Å². The molecular formula is C8H15F3N2. The zero-order valence-electron chi connectivity index (χ0n) is 7.45. The molecule has 5 heteroatoms. The highest BCUT2D eigenvalue weighted by molar-refractivity contribution is 4.76. The molecule has 1 fully saturated rings. The molecule has 0 amide bonds. The first-order chi connectivity index (χ1) is 6.08. The van der Waals surface area contributed by atoms with Crippen LogP contribution in [-0.2, 0) is 0 Å². The minimum absolute atomic E-state index is 0.0294. The normalized spacial score (nSPS) is 23.8. The second-order valence-electron chi connectivity index (χ2n) is 3.36. The number of hydrogen-bond acceptors (Lipinski definition) is 2. The molecule has 1 aliphatic rings. The van der Waals surface area contributed by atoms with Crippen LogP contribution in [0.1, 0.15) is 19.3 Å². The fraction of sp³-hybridized carbons (Fsp3) is 1.00. The number of halogens is 3. The molecule has 1 saturated heterocycles. The van der Waals surface area contributed by atoms with E-state index in [0.717, 1.165) is 19.4 Å². The Labute approximate surface area is 75.9 Å². The van der Waals surface area contributed by atoms with Crippen LogP contribution in [0, 0.1) is 0 Å². The highest BCUT2D eigenvalue weighted by atomic mass is 19.4. The van der Waals surface area contributed by atoms with Crippen molar-refractivity contribution in [3.05, 3.63) is 0 Å². The SMILES string of the molecule is FC(F)(F)CCNCC1CCCN1. The van der Waals surface area contributed by atoms with Crippen LogP contribution >= 0.6 is 0 Å². The molecule has 1 unspecified atom stereocenters. The summed E-state index contributed by atoms with van der Waals surface area (Å²) in [6.07, 6.45) is -2.57. The standard InChI is InChI=1S/C8H15F3N2/c9-8(10,11)3-5-12-6-7-2-1-4-13-7/h7,12-13H,1-6H2. The number of rotatable bonds is 4. The van der Waals surface area contributed by atoms with E-state index < -0.39 is 12.6 Å². The smallest absolute Gasteiger partial charge is 0.315 e. The second-order valence-corrected chi connectivity index (χ2v) is 3.36. The first kappa shape index (κ1) is 10.8. The van der Waals surface area contributed by atoms with Gasteiger partial charge in [-0.1, -0.05) is 0 Å². The number of hydrogen-bond donors (Lipinski definition) is 2. The van der Waals surface area contributed by atoms with Crippen LogP contribution in [-0.4, -0.2) is 31.9 Å². The van der Waals surface area contributed by atoms with Gasteiger partial charge in [-0.15, -0.1) is 0 Å². The second kappa shape index (κ2) is 4.81. The lowest BCUT2D eigenvalue weighted by Crippen LogP contribution is -2.35. The molecule has 0 aliphatic carbocycles. The van der Waals surface area contributed by atoms with Gasteiger partial charge < -0.3 is 10.6 Å². The van der Waals surface area contributed by atoms with Crippen molar-refractivity contribution in [1.82, 2.24) is 10.6 Å². The first-order valence-electron chi connectivity index (χ1n) is 4.59. The van der Waals surface area contributed by atoms with Gasteiger partial charge in [0.05, 0.1) is 6.42 Å². The first-order valence-corrected chi connectivity index (χ1v) is 4.59. The third kappa shape index (κ3) is 5.10. The van der Waals surface area contributed by atoms with Gasteiger partial charge in [0.15, 0.2) is 0 Å². The Hall–Kier alpha value is -0.290. The summed E-state index contributed by atoms with van der Waals surface area (Å²) in [7, 11) is 0. The van der Waals surface area contributed by atoms with Crippen molar-refractivity contribution in [2.75, 3.05) is 19.6 Å². The molecule has 0 saturated carbocycles. The summed E-state index contributed by atoms with van der Waals surface area (Å²) in [5, 5.41) is 6.01. The van der Waals surface area contributed by atoms with Crippen molar-refractivity contribution in [2.24, 2.45) is 0 Å². The zero-order valence-corrected chi connectivity index (χ0v) is 7.45. The van der Waals surface area contributed by atoms with E-state index in [0.29, 0.717) is 12.6 Å². The Morgan fingerprint density at radius 3 is 2.69 bits per heavy atom. The minimum atomic E-state index is -4.03. The molecule has 0 bridgehead atoms. The third-order valence-corrected chi connectivity index (χ3v) is 2.14. The molecule has 13 heavy (non-hydrogen) atoms. The summed E-state index contributed by atoms with van der Waals surface area (Å²) >= 11 is 0. The van der Waals surface area contributed by atoms with Gasteiger partial charge in [-0.3, -0.25) is 0 Å². The highest BCUT2D eigenvalue weighted by Crippen LogP contribution is 2.18. The van der Waals surface area contributed by atoms with Crippen LogP contribution < -0.4 is 10.6 Å². The lowest BCUT2D eigenvalue weighted by molar-refractivity contribution is -0.133. The van der Waals surface area contributed by atoms with E-state index in [-0.39, 0.29) is 6.54 Å². The van der Waals surface area contributed by atoms with E-state index in [1.165, 1.54) is 0 Å². The summed E-state index contributed by atoms with van der Waals surface area (Å²) in [6.45, 7) is 1.67. The van der Waals surface area contributed by atoms with Gasteiger partial charge >= 0.3 is 6.18 Å². The molecule has 2 N–H and O–H groups in total. The Morgan fingerprint density at radius 1 is 1.38 bits per heavy atom. The van der Waals surface area contributed by atoms with E-state index in [1.54, 1.807) is 0 Å². The maximum Gasteiger partial charge on any atom is 0.390 e. The monoisotopic (exact) mass is 196 g/mol. The Kier molecular flexibility index (Phi) is 3.99. The van der Waals surface area contributed by atoms with Crippen LogP contribution in [0.15, 0.2) is 0 Å². The molecule has 1 heterocycles. The molecule has 1 atom stereocenters. The van der Waals surface area contributed by atoms with Gasteiger partial charge in [-0.25, -0.2) is 0 Å². The molecule has 1 aliphatic heterocycles. The average Bonchev–Trinajstić information content (AvgIpc) is 2.48. The summed E-state index contributed by atoms with van der Waals surface area (Å²) < 4.78 is 35.1. The Morgan fingerprint density at radius 2 is 2.15 bits per heavy atom. The van der Waals surface area contributed by atoms with Crippen LogP contribution in [0.5, 0.6) is 0 Å². The van der Waals surface area contributed by atoms with E-state index in [1.807, 2.05) is 0 Å². The molecule has 0 aromatic carbocycles. The third-order valence-electron chi connectivity index (χ3n) is 2.14. The van der Waals surface area contributed by atoms with Gasteiger partial charge in [0.25, 0.3) is 0 Å². The van der Waals surface area contributed by atoms with Gasteiger partial charge in [-0.05, 0) is 19.4 Å². The predicted molar refractivity (Wildman–Crippen MR) is 44.6 cm³/mol. The van der Waals surface area contributed by atoms with Gasteiger partial charge in [0.1, 0.15) is 0 Å². The molecule has 0 spiro atoms. The van der Waals surface area contributed by atoms with Crippen molar-refractivity contribution >= 4 is 0 Å². The van der Waals surface area contributed by atoms with Crippen LogP contribution in [0.3, 0.4) is 0 Å².